The lowest BCUT2D eigenvalue weighted by atomic mass is 10.0. The zero-order chi connectivity index (χ0) is 17.0. The number of amides is 1. The maximum Gasteiger partial charge on any atom is 0.250 e. The molecule has 0 saturated carbocycles. The molecule has 1 N–H and O–H groups in total. The first-order chi connectivity index (χ1) is 10.9. The van der Waals surface area contributed by atoms with Crippen molar-refractivity contribution in [3.8, 4) is 0 Å². The van der Waals surface area contributed by atoms with Crippen molar-refractivity contribution in [1.29, 1.82) is 0 Å². The van der Waals surface area contributed by atoms with Gasteiger partial charge in [0.25, 0.3) is 0 Å². The summed E-state index contributed by atoms with van der Waals surface area (Å²) >= 11 is 0. The Balaban J connectivity index is 2.18. The monoisotopic (exact) mass is 340 g/mol. The fourth-order valence-electron chi connectivity index (χ4n) is 3.03. The number of carbonyl (C=O) groups excluding carboxylic acids is 1. The van der Waals surface area contributed by atoms with Crippen molar-refractivity contribution in [2.45, 2.75) is 50.1 Å². The average molecular weight is 340 g/mol. The fourth-order valence-corrected chi connectivity index (χ4v) is 4.91. The lowest BCUT2D eigenvalue weighted by Gasteiger charge is -2.37. The number of sulfonamides is 1. The second kappa shape index (κ2) is 7.42. The van der Waals surface area contributed by atoms with Gasteiger partial charge in [-0.25, -0.2) is 8.42 Å². The summed E-state index contributed by atoms with van der Waals surface area (Å²) < 4.78 is 32.1. The number of hydrogen-bond donors (Lipinski definition) is 1. The predicted molar refractivity (Wildman–Crippen MR) is 88.7 cm³/mol. The van der Waals surface area contributed by atoms with Crippen LogP contribution >= 0.6 is 0 Å². The second-order valence-corrected chi connectivity index (χ2v) is 7.81. The van der Waals surface area contributed by atoms with E-state index in [2.05, 4.69) is 5.32 Å². The molecule has 2 rings (SSSR count). The summed E-state index contributed by atoms with van der Waals surface area (Å²) in [5.41, 5.74) is 0.547. The highest BCUT2D eigenvalue weighted by Crippen LogP contribution is 2.29. The molecular weight excluding hydrogens is 316 g/mol. The lowest BCUT2D eigenvalue weighted by molar-refractivity contribution is -0.119. The van der Waals surface area contributed by atoms with E-state index in [4.69, 9.17) is 4.74 Å². The summed E-state index contributed by atoms with van der Waals surface area (Å²) in [7, 11) is -2.08. The molecule has 0 spiro atoms. The van der Waals surface area contributed by atoms with Gasteiger partial charge in [0.1, 0.15) is 6.61 Å². The van der Waals surface area contributed by atoms with Gasteiger partial charge in [0.05, 0.1) is 4.90 Å². The van der Waals surface area contributed by atoms with Gasteiger partial charge in [-0.3, -0.25) is 4.79 Å². The number of piperidine rings is 1. The first-order valence-corrected chi connectivity index (χ1v) is 9.22. The largest absolute Gasteiger partial charge is 0.375 e. The third-order valence-electron chi connectivity index (χ3n) is 4.10. The third-order valence-corrected chi connectivity index (χ3v) is 6.24. The lowest BCUT2D eigenvalue weighted by Crippen LogP contribution is -2.47. The van der Waals surface area contributed by atoms with Crippen molar-refractivity contribution in [2.24, 2.45) is 0 Å². The molecule has 2 unspecified atom stereocenters. The first kappa shape index (κ1) is 17.9. The average Bonchev–Trinajstić information content (AvgIpc) is 2.47. The van der Waals surface area contributed by atoms with Crippen LogP contribution in [-0.4, -0.2) is 44.4 Å². The number of nitrogens with zero attached hydrogens (tertiary/aromatic N) is 1. The van der Waals surface area contributed by atoms with E-state index in [1.165, 1.54) is 19.2 Å². The standard InChI is InChI=1S/C16H24N2O4S/c1-12-5-4-6-13(2)18(12)23(20,21)15-9-7-14(8-10-15)17-16(19)11-22-3/h7-10,12-13H,4-6,11H2,1-3H3,(H,17,19). The van der Waals surface area contributed by atoms with Crippen molar-refractivity contribution in [3.63, 3.8) is 0 Å². The van der Waals surface area contributed by atoms with Gasteiger partial charge in [-0.2, -0.15) is 4.31 Å². The van der Waals surface area contributed by atoms with Gasteiger partial charge < -0.3 is 10.1 Å². The maximum atomic E-state index is 12.9. The minimum atomic E-state index is -3.52. The normalized spacial score (nSPS) is 22.7. The number of nitrogens with one attached hydrogen (secondary N) is 1. The third kappa shape index (κ3) is 4.10. The molecule has 1 heterocycles. The molecule has 1 aromatic carbocycles. The maximum absolute atomic E-state index is 12.9. The van der Waals surface area contributed by atoms with Crippen LogP contribution in [0.4, 0.5) is 5.69 Å². The molecule has 6 nitrogen and oxygen atoms in total. The molecule has 1 saturated heterocycles. The number of carbonyl (C=O) groups is 1. The zero-order valence-corrected chi connectivity index (χ0v) is 14.6. The van der Waals surface area contributed by atoms with Crippen molar-refractivity contribution >= 4 is 21.6 Å². The summed E-state index contributed by atoms with van der Waals surface area (Å²) in [5.74, 6) is -0.276. The Labute approximate surface area is 137 Å². The molecular formula is C16H24N2O4S. The highest BCUT2D eigenvalue weighted by Gasteiger charge is 2.35. The van der Waals surface area contributed by atoms with Gasteiger partial charge in [0.2, 0.25) is 15.9 Å². The van der Waals surface area contributed by atoms with Gasteiger partial charge in [0.15, 0.2) is 0 Å². The second-order valence-electron chi connectivity index (χ2n) is 5.97. The number of rotatable bonds is 5. The van der Waals surface area contributed by atoms with E-state index >= 15 is 0 Å². The summed E-state index contributed by atoms with van der Waals surface area (Å²) in [5, 5.41) is 2.65. The molecule has 0 bridgehead atoms. The molecule has 1 fully saturated rings. The Bertz CT molecular complexity index is 633. The number of hydrogen-bond acceptors (Lipinski definition) is 4. The fraction of sp³-hybridized carbons (Fsp3) is 0.562. The topological polar surface area (TPSA) is 75.7 Å². The number of ether oxygens (including phenoxy) is 1. The molecule has 0 radical (unpaired) electrons. The van der Waals surface area contributed by atoms with Crippen LogP contribution in [0, 0.1) is 0 Å². The van der Waals surface area contributed by atoms with Crippen molar-refractivity contribution in [1.82, 2.24) is 4.31 Å². The molecule has 7 heteroatoms. The smallest absolute Gasteiger partial charge is 0.250 e. The number of anilines is 1. The molecule has 1 aliphatic rings. The van der Waals surface area contributed by atoms with Crippen molar-refractivity contribution in [3.05, 3.63) is 24.3 Å². The van der Waals surface area contributed by atoms with Crippen LogP contribution in [-0.2, 0) is 19.6 Å². The van der Waals surface area contributed by atoms with Crippen LogP contribution in [0.5, 0.6) is 0 Å². The molecule has 23 heavy (non-hydrogen) atoms. The van der Waals surface area contributed by atoms with E-state index in [9.17, 15) is 13.2 Å². The van der Waals surface area contributed by atoms with Crippen LogP contribution in [0.3, 0.4) is 0 Å². The summed E-state index contributed by atoms with van der Waals surface area (Å²) in [6.45, 7) is 3.86. The van der Waals surface area contributed by atoms with Crippen molar-refractivity contribution < 1.29 is 17.9 Å². The molecule has 1 aromatic rings. The van der Waals surface area contributed by atoms with Crippen LogP contribution in [0.15, 0.2) is 29.2 Å². The number of benzene rings is 1. The van der Waals surface area contributed by atoms with Gasteiger partial charge in [0, 0.05) is 24.9 Å². The Kier molecular flexibility index (Phi) is 5.78. The van der Waals surface area contributed by atoms with E-state index in [-0.39, 0.29) is 29.5 Å². The predicted octanol–water partition coefficient (Wildman–Crippen LogP) is 2.22. The van der Waals surface area contributed by atoms with E-state index in [1.54, 1.807) is 16.4 Å². The number of methoxy groups -OCH3 is 1. The van der Waals surface area contributed by atoms with Crippen molar-refractivity contribution in [2.75, 3.05) is 19.0 Å². The zero-order valence-electron chi connectivity index (χ0n) is 13.8. The van der Waals surface area contributed by atoms with Gasteiger partial charge >= 0.3 is 0 Å². The Hall–Kier alpha value is -1.44. The van der Waals surface area contributed by atoms with E-state index < -0.39 is 10.0 Å². The van der Waals surface area contributed by atoms with Crippen LogP contribution < -0.4 is 5.32 Å². The van der Waals surface area contributed by atoms with E-state index in [1.807, 2.05) is 13.8 Å². The van der Waals surface area contributed by atoms with E-state index in [0.29, 0.717) is 5.69 Å². The minimum absolute atomic E-state index is 0.00447. The van der Waals surface area contributed by atoms with Crippen LogP contribution in [0.1, 0.15) is 33.1 Å². The molecule has 1 amide bonds. The van der Waals surface area contributed by atoms with Gasteiger partial charge in [-0.05, 0) is 51.0 Å². The summed E-state index contributed by atoms with van der Waals surface area (Å²) in [6.07, 6.45) is 2.82. The first-order valence-electron chi connectivity index (χ1n) is 7.78. The molecule has 128 valence electrons. The molecule has 2 atom stereocenters. The van der Waals surface area contributed by atoms with Gasteiger partial charge in [-0.15, -0.1) is 0 Å². The SMILES string of the molecule is COCC(=O)Nc1ccc(S(=O)(=O)N2C(C)CCCC2C)cc1. The quantitative estimate of drug-likeness (QED) is 0.892. The molecule has 0 aromatic heterocycles. The summed E-state index contributed by atoms with van der Waals surface area (Å²) in [6, 6.07) is 6.27. The van der Waals surface area contributed by atoms with Gasteiger partial charge in [-0.1, -0.05) is 6.42 Å². The molecule has 1 aliphatic heterocycles. The highest BCUT2D eigenvalue weighted by molar-refractivity contribution is 7.89. The van der Waals surface area contributed by atoms with E-state index in [0.717, 1.165) is 19.3 Å². The van der Waals surface area contributed by atoms with Crippen LogP contribution in [0.2, 0.25) is 0 Å². The minimum Gasteiger partial charge on any atom is -0.375 e. The Morgan fingerprint density at radius 1 is 1.22 bits per heavy atom. The molecule has 0 aliphatic carbocycles. The summed E-state index contributed by atoms with van der Waals surface area (Å²) in [4.78, 5) is 11.7. The Morgan fingerprint density at radius 3 is 2.30 bits per heavy atom. The Morgan fingerprint density at radius 2 is 1.78 bits per heavy atom. The van der Waals surface area contributed by atoms with Crippen LogP contribution in [0.25, 0.3) is 0 Å². The highest BCUT2D eigenvalue weighted by atomic mass is 32.2.